The Hall–Kier alpha value is -6.22. The quantitative estimate of drug-likeness (QED) is 0.100. The molecule has 63 heavy (non-hydrogen) atoms. The Balaban J connectivity index is 1.08. The largest absolute Gasteiger partial charge is 0.453 e. The fourth-order valence-corrected chi connectivity index (χ4v) is 9.66. The summed E-state index contributed by atoms with van der Waals surface area (Å²) in [6, 6.07) is 18.9. The number of aromatic nitrogens is 4. The Bertz CT molecular complexity index is 2710. The lowest BCUT2D eigenvalue weighted by molar-refractivity contribution is -0.137. The highest BCUT2D eigenvalue weighted by atomic mass is 16.5. The molecule has 0 saturated carbocycles. The zero-order valence-corrected chi connectivity index (χ0v) is 37.4. The average Bonchev–Trinajstić information content (AvgIpc) is 4.08. The van der Waals surface area contributed by atoms with Crippen LogP contribution in [0.5, 0.6) is 0 Å². The minimum Gasteiger partial charge on any atom is -0.453 e. The van der Waals surface area contributed by atoms with Crippen LogP contribution in [-0.4, -0.2) is 106 Å². The Labute approximate surface area is 366 Å². The van der Waals surface area contributed by atoms with E-state index in [-0.39, 0.29) is 53.6 Å². The number of carbonyl (C=O) groups is 4. The van der Waals surface area contributed by atoms with Crippen LogP contribution in [-0.2, 0) is 23.8 Å². The summed E-state index contributed by atoms with van der Waals surface area (Å²) in [5.74, 6) is 1.14. The molecule has 4 amide bonds. The molecule has 2 aromatic heterocycles. The van der Waals surface area contributed by atoms with Gasteiger partial charge >= 0.3 is 12.2 Å². The number of likely N-dealkylation sites (tertiary alicyclic amines) is 2. The number of amides is 4. The second kappa shape index (κ2) is 17.5. The third kappa shape index (κ3) is 8.14. The second-order valence-corrected chi connectivity index (χ2v) is 18.0. The molecule has 2 saturated heterocycles. The van der Waals surface area contributed by atoms with Crippen LogP contribution >= 0.6 is 0 Å². The number of methoxy groups -OCH3 is 3. The summed E-state index contributed by atoms with van der Waals surface area (Å²) in [6.45, 7) is 12.8. The van der Waals surface area contributed by atoms with Gasteiger partial charge in [-0.15, -0.1) is 0 Å². The maximum absolute atomic E-state index is 14.1. The molecule has 4 aromatic carbocycles. The van der Waals surface area contributed by atoms with Gasteiger partial charge in [0.15, 0.2) is 0 Å². The van der Waals surface area contributed by atoms with Gasteiger partial charge in [-0.05, 0) is 83.7 Å². The fourth-order valence-electron chi connectivity index (χ4n) is 9.66. The first kappa shape index (κ1) is 43.4. The zero-order valence-electron chi connectivity index (χ0n) is 37.4. The highest BCUT2D eigenvalue weighted by Crippen LogP contribution is 2.42. The van der Waals surface area contributed by atoms with Crippen LogP contribution in [0.15, 0.2) is 60.7 Å². The normalized spacial score (nSPS) is 21.2. The van der Waals surface area contributed by atoms with Crippen molar-refractivity contribution in [2.45, 2.75) is 84.6 Å². The number of benzene rings is 4. The second-order valence-electron chi connectivity index (χ2n) is 18.0. The van der Waals surface area contributed by atoms with E-state index in [0.717, 1.165) is 67.0 Å². The first-order valence-electron chi connectivity index (χ1n) is 21.9. The highest BCUT2D eigenvalue weighted by molar-refractivity contribution is 6.07. The van der Waals surface area contributed by atoms with Crippen LogP contribution in [0.2, 0.25) is 0 Å². The predicted octanol–water partition coefficient (Wildman–Crippen LogP) is 8.01. The molecule has 8 rings (SSSR count). The Kier molecular flexibility index (Phi) is 12.1. The van der Waals surface area contributed by atoms with Gasteiger partial charge in [0, 0.05) is 36.4 Å². The van der Waals surface area contributed by atoms with Crippen LogP contribution in [0.1, 0.15) is 78.1 Å². The zero-order chi connectivity index (χ0) is 44.9. The van der Waals surface area contributed by atoms with Crippen molar-refractivity contribution < 1.29 is 33.4 Å². The molecule has 0 bridgehead atoms. The summed E-state index contributed by atoms with van der Waals surface area (Å²) in [5.41, 5.74) is 5.54. The lowest BCUT2D eigenvalue weighted by Gasteiger charge is -2.33. The minimum absolute atomic E-state index is 0.0492. The van der Waals surface area contributed by atoms with Gasteiger partial charge in [0.2, 0.25) is 11.8 Å². The minimum atomic E-state index is -0.752. The van der Waals surface area contributed by atoms with E-state index < -0.39 is 24.3 Å². The third-order valence-corrected chi connectivity index (χ3v) is 13.2. The molecule has 6 aromatic rings. The summed E-state index contributed by atoms with van der Waals surface area (Å²) >= 11 is 0. The number of imidazole rings is 2. The van der Waals surface area contributed by atoms with Crippen LogP contribution in [0.3, 0.4) is 0 Å². The average molecular weight is 859 g/mol. The Morgan fingerprint density at radius 2 is 1.21 bits per heavy atom. The van der Waals surface area contributed by atoms with Gasteiger partial charge in [-0.3, -0.25) is 9.59 Å². The first-order chi connectivity index (χ1) is 30.2. The van der Waals surface area contributed by atoms with Crippen LogP contribution in [0, 0.1) is 23.7 Å². The maximum Gasteiger partial charge on any atom is 0.407 e. The number of hydrogen-bond donors (Lipinski definition) is 4. The summed E-state index contributed by atoms with van der Waals surface area (Å²) in [5, 5.41) is 9.56. The van der Waals surface area contributed by atoms with Crippen molar-refractivity contribution in [1.29, 1.82) is 0 Å². The molecule has 2 fully saturated rings. The van der Waals surface area contributed by atoms with E-state index in [9.17, 15) is 19.2 Å². The SMILES string of the molecule is COC[C@H]1C[C@@H](c2nc3c(ccc4cc(-c5ccc6c(ccc7[nH]c([C@@H]8CC(C)[C@@H](C)N8C(=O)[C@@H](NC(=O)OC)C(C)C)nc76)c5)ccc43)[nH]2)N(C(=O)[C@@H](NC(=O)OC)C(C)C)C1. The highest BCUT2D eigenvalue weighted by Gasteiger charge is 2.45. The van der Waals surface area contributed by atoms with Gasteiger partial charge in [0.05, 0.1) is 55.0 Å². The van der Waals surface area contributed by atoms with E-state index in [1.807, 2.05) is 49.6 Å². The summed E-state index contributed by atoms with van der Waals surface area (Å²) in [6.07, 6.45) is 0.139. The summed E-state index contributed by atoms with van der Waals surface area (Å²) < 4.78 is 15.2. The monoisotopic (exact) mass is 858 g/mol. The Morgan fingerprint density at radius 1 is 0.698 bits per heavy atom. The van der Waals surface area contributed by atoms with Crippen LogP contribution in [0.4, 0.5) is 9.59 Å². The number of rotatable bonds is 11. The lowest BCUT2D eigenvalue weighted by Crippen LogP contribution is -2.53. The number of carbonyl (C=O) groups excluding carboxylic acids is 4. The van der Waals surface area contributed by atoms with E-state index in [1.54, 1.807) is 7.11 Å². The fraction of sp³-hybridized carbons (Fsp3) is 0.458. The van der Waals surface area contributed by atoms with Crippen molar-refractivity contribution in [3.05, 3.63) is 72.3 Å². The lowest BCUT2D eigenvalue weighted by atomic mass is 9.98. The number of hydrogen-bond acceptors (Lipinski definition) is 9. The number of ether oxygens (including phenoxy) is 3. The van der Waals surface area contributed by atoms with Crippen molar-refractivity contribution in [1.82, 2.24) is 40.4 Å². The van der Waals surface area contributed by atoms with Crippen LogP contribution < -0.4 is 10.6 Å². The molecule has 0 radical (unpaired) electrons. The van der Waals surface area contributed by atoms with Gasteiger partial charge in [0.25, 0.3) is 0 Å². The first-order valence-corrected chi connectivity index (χ1v) is 21.9. The molecular formula is C48H58N8O7. The smallest absolute Gasteiger partial charge is 0.407 e. The predicted molar refractivity (Wildman–Crippen MR) is 242 cm³/mol. The number of fused-ring (bicyclic) bond motifs is 6. The molecule has 2 aliphatic heterocycles. The van der Waals surface area contributed by atoms with E-state index >= 15 is 0 Å². The molecule has 15 heteroatoms. The number of alkyl carbamates (subject to hydrolysis) is 2. The standard InChI is InChI=1S/C48H58N8O7/c1-24(2)39(53-47(59)62-8)45(57)55-22-28(23-61-7)19-37(55)43-49-35-16-12-31-20-29(10-14-33(31)41(35)51-43)30-11-15-34-32(21-30)13-17-36-42(34)52-44(50-36)38-18-26(5)27(6)56(38)46(58)40(25(3)4)54-48(60)63-9/h10-17,20-21,24-28,37-40H,18-19,22-23H2,1-9H3,(H,49,51)(H,50,52)(H,53,59)(H,54,60)/t26?,27-,28+,37+,38+,39+,40+/m1/s1. The van der Waals surface area contributed by atoms with Gasteiger partial charge < -0.3 is 44.6 Å². The Morgan fingerprint density at radius 3 is 1.70 bits per heavy atom. The molecule has 4 heterocycles. The molecule has 2 aliphatic rings. The number of aromatic amines is 2. The molecule has 0 aliphatic carbocycles. The van der Waals surface area contributed by atoms with E-state index in [0.29, 0.717) is 25.4 Å². The maximum atomic E-state index is 14.1. The molecule has 4 N–H and O–H groups in total. The molecule has 15 nitrogen and oxygen atoms in total. The number of H-pyrrole nitrogens is 2. The van der Waals surface area contributed by atoms with Gasteiger partial charge in [-0.1, -0.05) is 71.0 Å². The third-order valence-electron chi connectivity index (χ3n) is 13.2. The number of nitrogens with zero attached hydrogens (tertiary/aromatic N) is 4. The van der Waals surface area contributed by atoms with Crippen molar-refractivity contribution in [3.63, 3.8) is 0 Å². The molecular weight excluding hydrogens is 801 g/mol. The van der Waals surface area contributed by atoms with Crippen molar-refractivity contribution in [3.8, 4) is 11.1 Å². The summed E-state index contributed by atoms with van der Waals surface area (Å²) in [4.78, 5) is 73.6. The van der Waals surface area contributed by atoms with Crippen LogP contribution in [0.25, 0.3) is 54.7 Å². The molecule has 1 unspecified atom stereocenters. The van der Waals surface area contributed by atoms with E-state index in [1.165, 1.54) is 14.2 Å². The molecule has 0 spiro atoms. The van der Waals surface area contributed by atoms with E-state index in [4.69, 9.17) is 24.2 Å². The number of nitrogens with one attached hydrogen (secondary N) is 4. The molecule has 7 atom stereocenters. The molecule has 332 valence electrons. The summed E-state index contributed by atoms with van der Waals surface area (Å²) in [7, 11) is 4.25. The van der Waals surface area contributed by atoms with Crippen molar-refractivity contribution in [2.75, 3.05) is 34.5 Å². The van der Waals surface area contributed by atoms with Gasteiger partial charge in [0.1, 0.15) is 23.7 Å². The van der Waals surface area contributed by atoms with Crippen molar-refractivity contribution in [2.24, 2.45) is 23.7 Å². The van der Waals surface area contributed by atoms with E-state index in [2.05, 4.69) is 83.0 Å². The van der Waals surface area contributed by atoms with Gasteiger partial charge in [-0.25, -0.2) is 19.6 Å². The van der Waals surface area contributed by atoms with Crippen molar-refractivity contribution >= 4 is 67.6 Å². The topological polar surface area (TPSA) is 184 Å². The van der Waals surface area contributed by atoms with Gasteiger partial charge in [-0.2, -0.15) is 0 Å².